The van der Waals surface area contributed by atoms with Gasteiger partial charge in [0.15, 0.2) is 4.34 Å². The van der Waals surface area contributed by atoms with E-state index in [2.05, 4.69) is 15.3 Å². The molecule has 102 valence electrons. The van der Waals surface area contributed by atoms with E-state index in [9.17, 15) is 9.59 Å². The van der Waals surface area contributed by atoms with Gasteiger partial charge in [-0.05, 0) is 6.92 Å². The van der Waals surface area contributed by atoms with Gasteiger partial charge in [-0.25, -0.2) is 0 Å². The first-order valence-electron chi connectivity index (χ1n) is 5.68. The lowest BCUT2D eigenvalue weighted by atomic mass is 9.93. The second kappa shape index (κ2) is 5.01. The third-order valence-corrected chi connectivity index (χ3v) is 4.46. The normalized spacial score (nSPS) is 12.0. The molecule has 0 amide bonds. The molecule has 0 saturated heterocycles. The Morgan fingerprint density at radius 1 is 1.37 bits per heavy atom. The van der Waals surface area contributed by atoms with Crippen LogP contribution in [0, 0.1) is 0 Å². The Morgan fingerprint density at radius 3 is 2.63 bits per heavy atom. The van der Waals surface area contributed by atoms with Crippen molar-refractivity contribution >= 4 is 33.8 Å². The van der Waals surface area contributed by atoms with Crippen LogP contribution in [0.3, 0.4) is 0 Å². The van der Waals surface area contributed by atoms with Gasteiger partial charge in [-0.2, -0.15) is 4.52 Å². The maximum Gasteiger partial charge on any atom is 0.297 e. The molecule has 0 bridgehead atoms. The van der Waals surface area contributed by atoms with E-state index in [0.29, 0.717) is 20.7 Å². The minimum Gasteiger partial charge on any atom is -0.299 e. The highest BCUT2D eigenvalue weighted by Crippen LogP contribution is 2.23. The minimum atomic E-state index is -0.373. The smallest absolute Gasteiger partial charge is 0.297 e. The quantitative estimate of drug-likeness (QED) is 0.800. The molecular formula is C11H14N4O2S2. The van der Waals surface area contributed by atoms with Crippen LogP contribution in [0.5, 0.6) is 0 Å². The molecule has 0 aliphatic carbocycles. The third-order valence-electron chi connectivity index (χ3n) is 2.28. The maximum atomic E-state index is 12.3. The Hall–Kier alpha value is -1.28. The number of nitrogens with zero attached hydrogens (tertiary/aromatic N) is 4. The Kier molecular flexibility index (Phi) is 3.73. The van der Waals surface area contributed by atoms with Crippen LogP contribution in [0.2, 0.25) is 0 Å². The zero-order valence-electron chi connectivity index (χ0n) is 11.1. The second-order valence-corrected chi connectivity index (χ2v) is 7.34. The molecule has 2 heterocycles. The molecule has 0 N–H and O–H groups in total. The number of carbonyl (C=O) groups excluding carboxylic acids is 1. The molecule has 0 radical (unpaired) electrons. The van der Waals surface area contributed by atoms with Crippen molar-refractivity contribution in [3.63, 3.8) is 0 Å². The first kappa shape index (κ1) is 14.1. The molecule has 6 nitrogen and oxygen atoms in total. The van der Waals surface area contributed by atoms with E-state index >= 15 is 0 Å². The zero-order valence-corrected chi connectivity index (χ0v) is 12.8. The third kappa shape index (κ3) is 3.01. The van der Waals surface area contributed by atoms with Crippen molar-refractivity contribution in [1.82, 2.24) is 19.8 Å². The van der Waals surface area contributed by atoms with Gasteiger partial charge < -0.3 is 0 Å². The Bertz CT molecular complexity index is 684. The van der Waals surface area contributed by atoms with Gasteiger partial charge in [0, 0.05) is 5.41 Å². The Balaban J connectivity index is 2.46. The fraction of sp³-hybridized carbons (Fsp3) is 0.545. The van der Waals surface area contributed by atoms with Crippen LogP contribution < -0.4 is 5.56 Å². The lowest BCUT2D eigenvalue weighted by Crippen LogP contribution is -2.30. The summed E-state index contributed by atoms with van der Waals surface area (Å²) in [5, 5.41) is 12.2. The average molecular weight is 298 g/mol. The zero-order chi connectivity index (χ0) is 14.2. The summed E-state index contributed by atoms with van der Waals surface area (Å²) in [6, 6.07) is 0. The Morgan fingerprint density at radius 2 is 2.05 bits per heavy atom. The van der Waals surface area contributed by atoms with Crippen molar-refractivity contribution < 1.29 is 4.79 Å². The lowest BCUT2D eigenvalue weighted by Gasteiger charge is -2.14. The topological polar surface area (TPSA) is 77.2 Å². The molecule has 0 aliphatic heterocycles. The molecule has 0 aromatic carbocycles. The highest BCUT2D eigenvalue weighted by Gasteiger charge is 2.23. The number of hydrogen-bond donors (Lipinski definition) is 0. The number of rotatable bonds is 3. The summed E-state index contributed by atoms with van der Waals surface area (Å²) < 4.78 is 1.91. The van der Waals surface area contributed by atoms with E-state index in [-0.39, 0.29) is 16.8 Å². The van der Waals surface area contributed by atoms with Gasteiger partial charge >= 0.3 is 0 Å². The summed E-state index contributed by atoms with van der Waals surface area (Å²) in [6.45, 7) is 7.23. The molecule has 19 heavy (non-hydrogen) atoms. The minimum absolute atomic E-state index is 0.0677. The van der Waals surface area contributed by atoms with Gasteiger partial charge in [0.25, 0.3) is 5.56 Å². The van der Waals surface area contributed by atoms with Crippen LogP contribution in [-0.2, 0) is 10.2 Å². The first-order valence-corrected chi connectivity index (χ1v) is 7.48. The number of carbonyl (C=O) groups is 1. The van der Waals surface area contributed by atoms with E-state index in [1.165, 1.54) is 34.5 Å². The van der Waals surface area contributed by atoms with E-state index in [0.717, 1.165) is 0 Å². The fourth-order valence-corrected chi connectivity index (χ4v) is 3.06. The number of Topliss-reactive ketones (excluding diaryl/α,β-unsaturated/α-hetero) is 1. The fourth-order valence-electron chi connectivity index (χ4n) is 1.39. The summed E-state index contributed by atoms with van der Waals surface area (Å²) >= 11 is 2.57. The largest absolute Gasteiger partial charge is 0.299 e. The predicted octanol–water partition coefficient (Wildman–Crippen LogP) is 1.52. The SMILES string of the molecule is CC(=O)CSc1nn2c(=O)c(C(C)(C)C)nnc2s1. The van der Waals surface area contributed by atoms with E-state index in [1.807, 2.05) is 20.8 Å². The molecule has 0 aliphatic rings. The van der Waals surface area contributed by atoms with E-state index < -0.39 is 0 Å². The van der Waals surface area contributed by atoms with Crippen molar-refractivity contribution in [3.05, 3.63) is 16.0 Å². The number of thioether (sulfide) groups is 1. The van der Waals surface area contributed by atoms with Gasteiger partial charge in [0.1, 0.15) is 11.5 Å². The van der Waals surface area contributed by atoms with E-state index in [1.54, 1.807) is 0 Å². The molecule has 0 atom stereocenters. The monoisotopic (exact) mass is 298 g/mol. The Labute approximate surface area is 118 Å². The number of fused-ring (bicyclic) bond motifs is 1. The molecular weight excluding hydrogens is 284 g/mol. The maximum absolute atomic E-state index is 12.3. The van der Waals surface area contributed by atoms with Crippen molar-refractivity contribution in [2.45, 2.75) is 37.4 Å². The van der Waals surface area contributed by atoms with Gasteiger partial charge in [0.2, 0.25) is 4.96 Å². The van der Waals surface area contributed by atoms with Gasteiger partial charge in [-0.1, -0.05) is 43.9 Å². The van der Waals surface area contributed by atoms with Crippen molar-refractivity contribution in [2.24, 2.45) is 0 Å². The predicted molar refractivity (Wildman–Crippen MR) is 75.0 cm³/mol. The first-order chi connectivity index (χ1) is 8.79. The van der Waals surface area contributed by atoms with Crippen LogP contribution in [0.4, 0.5) is 0 Å². The van der Waals surface area contributed by atoms with Gasteiger partial charge in [-0.3, -0.25) is 9.59 Å². The molecule has 0 spiro atoms. The van der Waals surface area contributed by atoms with Crippen LogP contribution >= 0.6 is 23.1 Å². The van der Waals surface area contributed by atoms with Crippen molar-refractivity contribution in [3.8, 4) is 0 Å². The summed E-state index contributed by atoms with van der Waals surface area (Å²) in [6.07, 6.45) is 0. The second-order valence-electron chi connectivity index (χ2n) is 5.16. The lowest BCUT2D eigenvalue weighted by molar-refractivity contribution is -0.114. The number of ketones is 1. The van der Waals surface area contributed by atoms with Crippen LogP contribution in [0.1, 0.15) is 33.4 Å². The molecule has 0 unspecified atom stereocenters. The van der Waals surface area contributed by atoms with Crippen molar-refractivity contribution in [1.29, 1.82) is 0 Å². The van der Waals surface area contributed by atoms with E-state index in [4.69, 9.17) is 0 Å². The summed E-state index contributed by atoms with van der Waals surface area (Å²) in [7, 11) is 0. The molecule has 0 saturated carbocycles. The number of hydrogen-bond acceptors (Lipinski definition) is 7. The average Bonchev–Trinajstić information content (AvgIpc) is 2.69. The number of aromatic nitrogens is 4. The molecule has 8 heteroatoms. The van der Waals surface area contributed by atoms with Crippen LogP contribution in [0.25, 0.3) is 4.96 Å². The van der Waals surface area contributed by atoms with Crippen LogP contribution in [-0.4, -0.2) is 31.3 Å². The van der Waals surface area contributed by atoms with Crippen LogP contribution in [0.15, 0.2) is 9.13 Å². The summed E-state index contributed by atoms with van der Waals surface area (Å²) in [4.78, 5) is 23.6. The van der Waals surface area contributed by atoms with Crippen molar-refractivity contribution in [2.75, 3.05) is 5.75 Å². The highest BCUT2D eigenvalue weighted by molar-refractivity contribution is 8.01. The molecule has 0 fully saturated rings. The molecule has 2 aromatic rings. The van der Waals surface area contributed by atoms with Gasteiger partial charge in [0.05, 0.1) is 5.75 Å². The summed E-state index contributed by atoms with van der Waals surface area (Å²) in [5.74, 6) is 0.409. The van der Waals surface area contributed by atoms with Gasteiger partial charge in [-0.15, -0.1) is 15.3 Å². The summed E-state index contributed by atoms with van der Waals surface area (Å²) in [5.41, 5.74) is -0.233. The molecule has 2 rings (SSSR count). The highest BCUT2D eigenvalue weighted by atomic mass is 32.2. The standard InChI is InChI=1S/C11H14N4O2S2/c1-6(16)5-18-10-14-15-8(17)7(11(2,3)4)12-13-9(15)19-10/h5H2,1-4H3. The molecule has 2 aromatic heterocycles.